The summed E-state index contributed by atoms with van der Waals surface area (Å²) in [7, 11) is 3.02. The van der Waals surface area contributed by atoms with E-state index in [9.17, 15) is 9.90 Å². The van der Waals surface area contributed by atoms with Crippen LogP contribution in [-0.2, 0) is 11.2 Å². The molecule has 0 fully saturated rings. The molecule has 0 radical (unpaired) electrons. The highest BCUT2D eigenvalue weighted by atomic mass is 35.5. The number of aliphatic carboxylic acids is 1. The van der Waals surface area contributed by atoms with Gasteiger partial charge in [-0.15, -0.1) is 0 Å². The lowest BCUT2D eigenvalue weighted by atomic mass is 10.1. The van der Waals surface area contributed by atoms with Crippen LogP contribution in [0.25, 0.3) is 0 Å². The highest BCUT2D eigenvalue weighted by molar-refractivity contribution is 6.30. The smallest absolute Gasteiger partial charge is 0.345 e. The first-order valence-electron chi connectivity index (χ1n) is 6.90. The molecule has 0 spiro atoms. The van der Waals surface area contributed by atoms with Crippen LogP contribution in [0.15, 0.2) is 42.5 Å². The third-order valence-corrected chi connectivity index (χ3v) is 3.50. The molecule has 6 heteroatoms. The van der Waals surface area contributed by atoms with Crippen molar-refractivity contribution in [3.63, 3.8) is 0 Å². The molecule has 0 aliphatic carbocycles. The van der Waals surface area contributed by atoms with Crippen LogP contribution in [0.3, 0.4) is 0 Å². The molecule has 0 amide bonds. The summed E-state index contributed by atoms with van der Waals surface area (Å²) in [5.41, 5.74) is 0.655. The van der Waals surface area contributed by atoms with Crippen LogP contribution in [0.5, 0.6) is 17.2 Å². The van der Waals surface area contributed by atoms with Gasteiger partial charge in [0.05, 0.1) is 14.2 Å². The van der Waals surface area contributed by atoms with Gasteiger partial charge in [0.2, 0.25) is 0 Å². The molecule has 23 heavy (non-hydrogen) atoms. The average Bonchev–Trinajstić information content (AvgIpc) is 2.54. The van der Waals surface area contributed by atoms with Crippen LogP contribution in [0.2, 0.25) is 5.02 Å². The minimum atomic E-state index is -1.10. The normalized spacial score (nSPS) is 11.6. The number of carboxylic acid groups (broad SMARTS) is 1. The van der Waals surface area contributed by atoms with Gasteiger partial charge in [0.25, 0.3) is 0 Å². The molecule has 122 valence electrons. The number of hydrogen-bond acceptors (Lipinski definition) is 4. The van der Waals surface area contributed by atoms with E-state index in [0.29, 0.717) is 27.8 Å². The van der Waals surface area contributed by atoms with Gasteiger partial charge >= 0.3 is 5.97 Å². The molecule has 0 saturated heterocycles. The summed E-state index contributed by atoms with van der Waals surface area (Å²) in [5.74, 6) is 0.308. The number of rotatable bonds is 7. The van der Waals surface area contributed by atoms with Crippen LogP contribution >= 0.6 is 11.6 Å². The van der Waals surface area contributed by atoms with Crippen LogP contribution in [0.4, 0.5) is 0 Å². The summed E-state index contributed by atoms with van der Waals surface area (Å²) < 4.78 is 16.0. The van der Waals surface area contributed by atoms with E-state index in [1.165, 1.54) is 14.2 Å². The summed E-state index contributed by atoms with van der Waals surface area (Å²) in [6.45, 7) is 0. The van der Waals surface area contributed by atoms with Crippen molar-refractivity contribution >= 4 is 17.6 Å². The predicted octanol–water partition coefficient (Wildman–Crippen LogP) is 3.43. The first-order valence-corrected chi connectivity index (χ1v) is 7.28. The summed E-state index contributed by atoms with van der Waals surface area (Å²) in [6.07, 6.45) is -0.990. The van der Waals surface area contributed by atoms with Gasteiger partial charge in [0.15, 0.2) is 17.6 Å². The van der Waals surface area contributed by atoms with E-state index in [-0.39, 0.29) is 6.42 Å². The molecule has 2 aromatic carbocycles. The van der Waals surface area contributed by atoms with Crippen LogP contribution in [0.1, 0.15) is 5.56 Å². The Hall–Kier alpha value is -2.40. The molecule has 5 nitrogen and oxygen atoms in total. The fraction of sp³-hybridized carbons (Fsp3) is 0.235. The number of para-hydroxylation sites is 2. The van der Waals surface area contributed by atoms with Gasteiger partial charge in [-0.25, -0.2) is 4.79 Å². The van der Waals surface area contributed by atoms with Gasteiger partial charge < -0.3 is 19.3 Å². The second-order valence-electron chi connectivity index (χ2n) is 4.76. The zero-order chi connectivity index (χ0) is 16.8. The number of hydrogen-bond donors (Lipinski definition) is 1. The van der Waals surface area contributed by atoms with E-state index < -0.39 is 12.1 Å². The molecular formula is C17H17ClO5. The van der Waals surface area contributed by atoms with Gasteiger partial charge in [-0.1, -0.05) is 23.7 Å². The SMILES string of the molecule is COc1ccc(Cl)cc1C[C@@H](Oc1ccccc1OC)C(=O)O. The van der Waals surface area contributed by atoms with E-state index in [2.05, 4.69) is 0 Å². The molecular weight excluding hydrogens is 320 g/mol. The number of benzene rings is 2. The molecule has 0 aromatic heterocycles. The van der Waals surface area contributed by atoms with E-state index in [1.54, 1.807) is 42.5 Å². The number of carboxylic acids is 1. The van der Waals surface area contributed by atoms with Gasteiger partial charge in [-0.3, -0.25) is 0 Å². The number of ether oxygens (including phenoxy) is 3. The van der Waals surface area contributed by atoms with Crippen molar-refractivity contribution in [2.45, 2.75) is 12.5 Å². The Morgan fingerprint density at radius 1 is 1.09 bits per heavy atom. The molecule has 0 unspecified atom stereocenters. The van der Waals surface area contributed by atoms with E-state index in [0.717, 1.165) is 0 Å². The maximum atomic E-state index is 11.6. The van der Waals surface area contributed by atoms with Gasteiger partial charge in [0.1, 0.15) is 5.75 Å². The van der Waals surface area contributed by atoms with Crippen molar-refractivity contribution in [2.75, 3.05) is 14.2 Å². The maximum Gasteiger partial charge on any atom is 0.345 e. The fourth-order valence-electron chi connectivity index (χ4n) is 2.16. The summed E-state index contributed by atoms with van der Waals surface area (Å²) in [5, 5.41) is 9.95. The topological polar surface area (TPSA) is 65.0 Å². The van der Waals surface area contributed by atoms with Gasteiger partial charge in [0, 0.05) is 11.4 Å². The Balaban J connectivity index is 2.26. The Morgan fingerprint density at radius 2 is 1.74 bits per heavy atom. The predicted molar refractivity (Wildman–Crippen MR) is 86.8 cm³/mol. The number of halogens is 1. The van der Waals surface area contributed by atoms with E-state index in [1.807, 2.05) is 0 Å². The minimum absolute atomic E-state index is 0.108. The highest BCUT2D eigenvalue weighted by Crippen LogP contribution is 2.29. The third kappa shape index (κ3) is 4.29. The second kappa shape index (κ2) is 7.74. The quantitative estimate of drug-likeness (QED) is 0.839. The molecule has 0 heterocycles. The van der Waals surface area contributed by atoms with E-state index >= 15 is 0 Å². The first-order chi connectivity index (χ1) is 11.0. The monoisotopic (exact) mass is 336 g/mol. The Bertz CT molecular complexity index is 686. The van der Waals surface area contributed by atoms with Crippen LogP contribution < -0.4 is 14.2 Å². The van der Waals surface area contributed by atoms with Gasteiger partial charge in [-0.2, -0.15) is 0 Å². The minimum Gasteiger partial charge on any atom is -0.496 e. The standard InChI is InChI=1S/C17H17ClO5/c1-21-13-8-7-12(18)9-11(13)10-16(17(19)20)23-15-6-4-3-5-14(15)22-2/h3-9,16H,10H2,1-2H3,(H,19,20)/t16-/m1/s1. The lowest BCUT2D eigenvalue weighted by Gasteiger charge is -2.18. The number of methoxy groups -OCH3 is 2. The lowest BCUT2D eigenvalue weighted by molar-refractivity contribution is -0.145. The summed E-state index contributed by atoms with van der Waals surface area (Å²) in [6, 6.07) is 11.9. The molecule has 0 saturated carbocycles. The Morgan fingerprint density at radius 3 is 2.35 bits per heavy atom. The van der Waals surface area contributed by atoms with Crippen molar-refractivity contribution in [1.82, 2.24) is 0 Å². The third-order valence-electron chi connectivity index (χ3n) is 3.26. The Kier molecular flexibility index (Phi) is 5.71. The zero-order valence-corrected chi connectivity index (χ0v) is 13.5. The second-order valence-corrected chi connectivity index (χ2v) is 5.19. The largest absolute Gasteiger partial charge is 0.496 e. The molecule has 2 aromatic rings. The van der Waals surface area contributed by atoms with Crippen molar-refractivity contribution in [3.8, 4) is 17.2 Å². The van der Waals surface area contributed by atoms with Crippen molar-refractivity contribution in [1.29, 1.82) is 0 Å². The molecule has 0 bridgehead atoms. The fourth-order valence-corrected chi connectivity index (χ4v) is 2.35. The number of carbonyl (C=O) groups is 1. The van der Waals surface area contributed by atoms with Crippen LogP contribution in [0, 0.1) is 0 Å². The first kappa shape index (κ1) is 17.0. The summed E-state index contributed by atoms with van der Waals surface area (Å²) >= 11 is 5.98. The molecule has 0 aliphatic heterocycles. The van der Waals surface area contributed by atoms with Crippen molar-refractivity contribution < 1.29 is 24.1 Å². The van der Waals surface area contributed by atoms with E-state index in [4.69, 9.17) is 25.8 Å². The molecule has 0 aliphatic rings. The summed E-state index contributed by atoms with van der Waals surface area (Å²) in [4.78, 5) is 11.6. The van der Waals surface area contributed by atoms with Crippen molar-refractivity contribution in [3.05, 3.63) is 53.1 Å². The lowest BCUT2D eigenvalue weighted by Crippen LogP contribution is -2.29. The Labute approximate surface area is 139 Å². The van der Waals surface area contributed by atoms with Crippen LogP contribution in [-0.4, -0.2) is 31.4 Å². The molecule has 2 rings (SSSR count). The van der Waals surface area contributed by atoms with Gasteiger partial charge in [-0.05, 0) is 35.9 Å². The zero-order valence-electron chi connectivity index (χ0n) is 12.8. The molecule has 1 N–H and O–H groups in total. The average molecular weight is 337 g/mol. The molecule has 1 atom stereocenters. The highest BCUT2D eigenvalue weighted by Gasteiger charge is 2.23. The van der Waals surface area contributed by atoms with Crippen molar-refractivity contribution in [2.24, 2.45) is 0 Å². The maximum absolute atomic E-state index is 11.6.